The number of rotatable bonds is 4. The van der Waals surface area contributed by atoms with Crippen molar-refractivity contribution in [3.63, 3.8) is 0 Å². The molecule has 94 valence electrons. The van der Waals surface area contributed by atoms with Crippen molar-refractivity contribution in [2.75, 3.05) is 0 Å². The molecule has 0 saturated heterocycles. The fourth-order valence-corrected chi connectivity index (χ4v) is 1.93. The summed E-state index contributed by atoms with van der Waals surface area (Å²) in [7, 11) is 0. The number of aliphatic hydroxyl groups excluding tert-OH is 1. The Labute approximate surface area is 108 Å². The highest BCUT2D eigenvalue weighted by molar-refractivity contribution is 5.25. The quantitative estimate of drug-likeness (QED) is 0.891. The average molecular weight is 241 g/mol. The first-order chi connectivity index (χ1) is 8.69. The van der Waals surface area contributed by atoms with E-state index in [1.165, 1.54) is 5.56 Å². The van der Waals surface area contributed by atoms with Crippen molar-refractivity contribution in [1.29, 1.82) is 0 Å². The topological polar surface area (TPSA) is 33.1 Å². The highest BCUT2D eigenvalue weighted by Crippen LogP contribution is 2.18. The molecule has 0 amide bonds. The number of aryl methyl sites for hydroxylation is 2. The van der Waals surface area contributed by atoms with Crippen LogP contribution in [0.15, 0.2) is 42.6 Å². The van der Waals surface area contributed by atoms with Crippen LogP contribution in [0.4, 0.5) is 0 Å². The smallest absolute Gasteiger partial charge is 0.0845 e. The molecule has 0 spiro atoms. The molecule has 2 aromatic rings. The van der Waals surface area contributed by atoms with Gasteiger partial charge in [0.05, 0.1) is 6.10 Å². The van der Waals surface area contributed by atoms with Crippen LogP contribution in [0, 0.1) is 6.92 Å². The summed E-state index contributed by atoms with van der Waals surface area (Å²) in [5.74, 6) is 0. The van der Waals surface area contributed by atoms with Gasteiger partial charge in [0.1, 0.15) is 0 Å². The van der Waals surface area contributed by atoms with Crippen LogP contribution in [0.25, 0.3) is 0 Å². The number of hydrogen-bond acceptors (Lipinski definition) is 2. The minimum atomic E-state index is -0.481. The van der Waals surface area contributed by atoms with Crippen LogP contribution in [-0.4, -0.2) is 10.1 Å². The summed E-state index contributed by atoms with van der Waals surface area (Å²) < 4.78 is 0. The van der Waals surface area contributed by atoms with E-state index in [0.29, 0.717) is 6.42 Å². The lowest BCUT2D eigenvalue weighted by atomic mass is 10.0. The number of hydrogen-bond donors (Lipinski definition) is 1. The Morgan fingerprint density at radius 2 is 1.72 bits per heavy atom. The molecule has 1 aromatic heterocycles. The lowest BCUT2D eigenvalue weighted by molar-refractivity contribution is 0.178. The van der Waals surface area contributed by atoms with E-state index in [1.54, 1.807) is 6.20 Å². The molecule has 0 bridgehead atoms. The second kappa shape index (κ2) is 5.78. The maximum absolute atomic E-state index is 10.2. The molecule has 1 atom stereocenters. The number of pyridine rings is 1. The van der Waals surface area contributed by atoms with Crippen LogP contribution in [0.2, 0.25) is 0 Å². The first kappa shape index (κ1) is 12.8. The van der Waals surface area contributed by atoms with Gasteiger partial charge in [-0.2, -0.15) is 0 Å². The van der Waals surface area contributed by atoms with Crippen molar-refractivity contribution in [2.24, 2.45) is 0 Å². The van der Waals surface area contributed by atoms with E-state index < -0.39 is 6.10 Å². The Hall–Kier alpha value is -1.67. The Kier molecular flexibility index (Phi) is 4.11. The van der Waals surface area contributed by atoms with Crippen LogP contribution in [0.5, 0.6) is 0 Å². The van der Waals surface area contributed by atoms with E-state index in [9.17, 15) is 5.11 Å². The predicted molar refractivity (Wildman–Crippen MR) is 73.5 cm³/mol. The normalized spacial score (nSPS) is 12.4. The molecular weight excluding hydrogens is 222 g/mol. The summed E-state index contributed by atoms with van der Waals surface area (Å²) in [4.78, 5) is 4.21. The van der Waals surface area contributed by atoms with Crippen molar-refractivity contribution in [1.82, 2.24) is 4.98 Å². The molecule has 0 radical (unpaired) electrons. The molecule has 0 aliphatic rings. The summed E-state index contributed by atoms with van der Waals surface area (Å²) in [5.41, 5.74) is 4.32. The van der Waals surface area contributed by atoms with Gasteiger partial charge in [0, 0.05) is 18.3 Å². The van der Waals surface area contributed by atoms with Crippen LogP contribution in [0.3, 0.4) is 0 Å². The number of benzene rings is 1. The van der Waals surface area contributed by atoms with Crippen LogP contribution in [0.1, 0.15) is 35.4 Å². The molecule has 1 N–H and O–H groups in total. The molecule has 0 saturated carbocycles. The molecule has 0 fully saturated rings. The third-order valence-corrected chi connectivity index (χ3v) is 3.18. The van der Waals surface area contributed by atoms with Gasteiger partial charge in [-0.1, -0.05) is 37.3 Å². The van der Waals surface area contributed by atoms with Gasteiger partial charge >= 0.3 is 0 Å². The Balaban J connectivity index is 2.05. The summed E-state index contributed by atoms with van der Waals surface area (Å²) in [5, 5.41) is 10.2. The first-order valence-corrected chi connectivity index (χ1v) is 6.37. The lowest BCUT2D eigenvalue weighted by Gasteiger charge is -2.11. The lowest BCUT2D eigenvalue weighted by Crippen LogP contribution is -2.02. The van der Waals surface area contributed by atoms with Gasteiger partial charge in [0.15, 0.2) is 0 Å². The Morgan fingerprint density at radius 1 is 1.06 bits per heavy atom. The van der Waals surface area contributed by atoms with Crippen molar-refractivity contribution in [3.8, 4) is 0 Å². The van der Waals surface area contributed by atoms with E-state index in [1.807, 2.05) is 19.1 Å². The molecule has 0 aliphatic carbocycles. The molecule has 2 heteroatoms. The average Bonchev–Trinajstić information content (AvgIpc) is 2.40. The van der Waals surface area contributed by atoms with Crippen molar-refractivity contribution >= 4 is 0 Å². The molecule has 2 rings (SSSR count). The van der Waals surface area contributed by atoms with Gasteiger partial charge < -0.3 is 5.11 Å². The molecule has 1 aromatic carbocycles. The van der Waals surface area contributed by atoms with E-state index >= 15 is 0 Å². The second-order valence-corrected chi connectivity index (χ2v) is 4.62. The van der Waals surface area contributed by atoms with Gasteiger partial charge in [0.2, 0.25) is 0 Å². The predicted octanol–water partition coefficient (Wildman–Crippen LogP) is 3.23. The maximum atomic E-state index is 10.2. The monoisotopic (exact) mass is 241 g/mol. The summed E-state index contributed by atoms with van der Waals surface area (Å²) in [6.45, 7) is 4.08. The highest BCUT2D eigenvalue weighted by atomic mass is 16.3. The minimum Gasteiger partial charge on any atom is -0.388 e. The van der Waals surface area contributed by atoms with Crippen LogP contribution < -0.4 is 0 Å². The maximum Gasteiger partial charge on any atom is 0.0845 e. The van der Waals surface area contributed by atoms with E-state index in [2.05, 4.69) is 36.2 Å². The zero-order valence-electron chi connectivity index (χ0n) is 10.9. The summed E-state index contributed by atoms with van der Waals surface area (Å²) in [6, 6.07) is 12.3. The molecule has 1 unspecified atom stereocenters. The number of nitrogens with zero attached hydrogens (tertiary/aromatic N) is 1. The van der Waals surface area contributed by atoms with Gasteiger partial charge in [-0.25, -0.2) is 0 Å². The van der Waals surface area contributed by atoms with Gasteiger partial charge in [0.25, 0.3) is 0 Å². The van der Waals surface area contributed by atoms with Crippen molar-refractivity contribution in [2.45, 2.75) is 32.8 Å². The molecule has 1 heterocycles. The standard InChI is InChI=1S/C16H19NO/c1-3-13-5-7-14(8-6-13)10-16(18)15-9-4-12(2)17-11-15/h4-9,11,16,18H,3,10H2,1-2H3. The summed E-state index contributed by atoms with van der Waals surface area (Å²) in [6.07, 6.45) is 2.95. The zero-order valence-corrected chi connectivity index (χ0v) is 10.9. The number of aliphatic hydroxyl groups is 1. The molecule has 2 nitrogen and oxygen atoms in total. The number of aromatic nitrogens is 1. The van der Waals surface area contributed by atoms with Crippen LogP contribution >= 0.6 is 0 Å². The van der Waals surface area contributed by atoms with Crippen LogP contribution in [-0.2, 0) is 12.8 Å². The molecule has 18 heavy (non-hydrogen) atoms. The fraction of sp³-hybridized carbons (Fsp3) is 0.312. The van der Waals surface area contributed by atoms with Gasteiger partial charge in [-0.05, 0) is 36.1 Å². The largest absolute Gasteiger partial charge is 0.388 e. The molecular formula is C16H19NO. The van der Waals surface area contributed by atoms with Gasteiger partial charge in [-0.15, -0.1) is 0 Å². The zero-order chi connectivity index (χ0) is 13.0. The van der Waals surface area contributed by atoms with E-state index in [0.717, 1.165) is 23.2 Å². The van der Waals surface area contributed by atoms with E-state index in [4.69, 9.17) is 0 Å². The Bertz CT molecular complexity index is 488. The van der Waals surface area contributed by atoms with E-state index in [-0.39, 0.29) is 0 Å². The highest BCUT2D eigenvalue weighted by Gasteiger charge is 2.08. The van der Waals surface area contributed by atoms with Gasteiger partial charge in [-0.3, -0.25) is 4.98 Å². The third kappa shape index (κ3) is 3.17. The third-order valence-electron chi connectivity index (χ3n) is 3.18. The first-order valence-electron chi connectivity index (χ1n) is 6.37. The Morgan fingerprint density at radius 3 is 2.28 bits per heavy atom. The van der Waals surface area contributed by atoms with Crippen molar-refractivity contribution in [3.05, 3.63) is 65.0 Å². The fourth-order valence-electron chi connectivity index (χ4n) is 1.93. The minimum absolute atomic E-state index is 0.481. The molecule has 0 aliphatic heterocycles. The summed E-state index contributed by atoms with van der Waals surface area (Å²) >= 11 is 0. The second-order valence-electron chi connectivity index (χ2n) is 4.62. The van der Waals surface area contributed by atoms with Crippen molar-refractivity contribution < 1.29 is 5.11 Å². The SMILES string of the molecule is CCc1ccc(CC(O)c2ccc(C)nc2)cc1.